The molecular weight excluding hydrogens is 932 g/mol. The first-order valence-electron chi connectivity index (χ1n) is 28.8. The summed E-state index contributed by atoms with van der Waals surface area (Å²) >= 11 is 0. The summed E-state index contributed by atoms with van der Waals surface area (Å²) in [4.78, 5) is 23.3. The maximum absolute atomic E-state index is 12.9. The van der Waals surface area contributed by atoms with Crippen molar-refractivity contribution < 1.29 is 58.3 Å². The number of rotatable bonds is 49. The summed E-state index contributed by atoms with van der Waals surface area (Å²) in [5.41, 5.74) is 0. The SMILES string of the molecule is CC/C=C\C/C=C\C/C=C\C/C=C\C/C=C\CCCCCCCCCCOCC(COP(=O)(O)OC1C(O)C(O)C(O)C(O)C1O)OC(=O)CCCCCCCCCCC/C=C\CCCCCCCCCC. The summed E-state index contributed by atoms with van der Waals surface area (Å²) in [5.74, 6) is -0.482. The van der Waals surface area contributed by atoms with Crippen molar-refractivity contribution in [2.45, 2.75) is 275 Å². The second kappa shape index (κ2) is 48.4. The first-order chi connectivity index (χ1) is 35.0. The Morgan fingerprint density at radius 3 is 1.26 bits per heavy atom. The van der Waals surface area contributed by atoms with Gasteiger partial charge in [-0.25, -0.2) is 4.57 Å². The number of allylic oxidation sites excluding steroid dienone is 12. The molecule has 0 aromatic rings. The maximum atomic E-state index is 12.9. The van der Waals surface area contributed by atoms with Crippen LogP contribution in [0.2, 0.25) is 0 Å². The van der Waals surface area contributed by atoms with E-state index in [9.17, 15) is 39.8 Å². The monoisotopic (exact) mass is 1040 g/mol. The molecule has 6 atom stereocenters. The van der Waals surface area contributed by atoms with Gasteiger partial charge in [-0.2, -0.15) is 0 Å². The molecule has 0 aromatic carbocycles. The van der Waals surface area contributed by atoms with E-state index in [0.717, 1.165) is 83.5 Å². The lowest BCUT2D eigenvalue weighted by atomic mass is 9.85. The standard InChI is InChI=1S/C59H105O12P/c1-3-5-7-9-11-13-15-17-19-21-23-25-26-27-29-31-33-35-37-39-41-43-45-47-49-68-50-52(51-69-72(66,67)71-59-57(64)55(62)54(61)56(63)58(59)65)70-53(60)48-46-44-42-40-38-36-34-32-30-28-24-22-20-18-16-14-12-10-8-6-4-2/h5,7,11,13,17,19,22-25,27,29,52,54-59,61-65H,3-4,6,8-10,12,14-16,18,20-21,26,28,30-51H2,1-2H3,(H,66,67)/b7-5-,13-11-,19-17-,24-22-,25-23-,29-27-. The van der Waals surface area contributed by atoms with Crippen molar-refractivity contribution in [1.29, 1.82) is 0 Å². The number of carbonyl (C=O) groups excluding carboxylic acids is 1. The maximum Gasteiger partial charge on any atom is 0.472 e. The van der Waals surface area contributed by atoms with Crippen molar-refractivity contribution in [2.24, 2.45) is 0 Å². The molecule has 1 saturated carbocycles. The summed E-state index contributed by atoms with van der Waals surface area (Å²) in [7, 11) is -5.03. The number of unbranched alkanes of at least 4 members (excludes halogenated alkanes) is 25. The molecule has 1 rings (SSSR count). The lowest BCUT2D eigenvalue weighted by molar-refractivity contribution is -0.220. The van der Waals surface area contributed by atoms with Crippen LogP contribution in [0.3, 0.4) is 0 Å². The van der Waals surface area contributed by atoms with Gasteiger partial charge in [0.25, 0.3) is 0 Å². The predicted molar refractivity (Wildman–Crippen MR) is 295 cm³/mol. The molecule has 0 radical (unpaired) electrons. The molecule has 0 aliphatic heterocycles. The molecule has 418 valence electrons. The van der Waals surface area contributed by atoms with Crippen molar-refractivity contribution in [1.82, 2.24) is 0 Å². The molecule has 1 aliphatic rings. The number of hydrogen-bond donors (Lipinski definition) is 6. The van der Waals surface area contributed by atoms with Crippen LogP contribution < -0.4 is 0 Å². The zero-order chi connectivity index (χ0) is 52.6. The third-order valence-electron chi connectivity index (χ3n) is 13.1. The second-order valence-corrected chi connectivity index (χ2v) is 21.2. The number of phosphoric ester groups is 1. The van der Waals surface area contributed by atoms with Crippen LogP contribution >= 0.6 is 7.82 Å². The number of carbonyl (C=O) groups is 1. The first-order valence-corrected chi connectivity index (χ1v) is 30.3. The molecule has 1 aliphatic carbocycles. The van der Waals surface area contributed by atoms with Gasteiger partial charge < -0.3 is 39.9 Å². The largest absolute Gasteiger partial charge is 0.472 e. The van der Waals surface area contributed by atoms with Gasteiger partial charge in [-0.3, -0.25) is 13.8 Å². The Morgan fingerprint density at radius 1 is 0.458 bits per heavy atom. The van der Waals surface area contributed by atoms with Gasteiger partial charge in [0.1, 0.15) is 42.7 Å². The average Bonchev–Trinajstić information content (AvgIpc) is 3.37. The molecule has 72 heavy (non-hydrogen) atoms. The summed E-state index contributed by atoms with van der Waals surface area (Å²) in [5, 5.41) is 50.4. The van der Waals surface area contributed by atoms with Crippen molar-refractivity contribution in [3.8, 4) is 0 Å². The molecule has 0 bridgehead atoms. The molecular formula is C59H105O12P. The Hall–Kier alpha value is -2.22. The van der Waals surface area contributed by atoms with E-state index >= 15 is 0 Å². The first kappa shape index (κ1) is 67.8. The third-order valence-corrected chi connectivity index (χ3v) is 14.0. The number of esters is 1. The van der Waals surface area contributed by atoms with Crippen LogP contribution in [-0.2, 0) is 27.9 Å². The van der Waals surface area contributed by atoms with Crippen molar-refractivity contribution >= 4 is 13.8 Å². The van der Waals surface area contributed by atoms with Crippen LogP contribution in [0, 0.1) is 0 Å². The topological polar surface area (TPSA) is 192 Å². The quantitative estimate of drug-likeness (QED) is 0.0146. The van der Waals surface area contributed by atoms with Gasteiger partial charge in [-0.05, 0) is 83.5 Å². The van der Waals surface area contributed by atoms with Gasteiger partial charge >= 0.3 is 13.8 Å². The molecule has 6 unspecified atom stereocenters. The van der Waals surface area contributed by atoms with Gasteiger partial charge in [-0.1, -0.05) is 215 Å². The Morgan fingerprint density at radius 2 is 0.819 bits per heavy atom. The lowest BCUT2D eigenvalue weighted by Crippen LogP contribution is -2.64. The molecule has 13 heteroatoms. The average molecular weight is 1040 g/mol. The van der Waals surface area contributed by atoms with E-state index in [-0.39, 0.29) is 13.0 Å². The number of hydrogen-bond acceptors (Lipinski definition) is 11. The zero-order valence-electron chi connectivity index (χ0n) is 45.2. The Labute approximate surface area is 438 Å². The zero-order valence-corrected chi connectivity index (χ0v) is 46.1. The normalized spacial score (nSPS) is 21.2. The predicted octanol–water partition coefficient (Wildman–Crippen LogP) is 13.9. The molecule has 0 saturated heterocycles. The third kappa shape index (κ3) is 39.2. The van der Waals surface area contributed by atoms with Crippen molar-refractivity contribution in [3.05, 3.63) is 72.9 Å². The van der Waals surface area contributed by atoms with Crippen LogP contribution in [0.25, 0.3) is 0 Å². The van der Waals surface area contributed by atoms with E-state index in [1.807, 2.05) is 0 Å². The Kier molecular flexibility index (Phi) is 45.6. The summed E-state index contributed by atoms with van der Waals surface area (Å²) in [6, 6.07) is 0. The van der Waals surface area contributed by atoms with Gasteiger partial charge in [0.2, 0.25) is 0 Å². The fraction of sp³-hybridized carbons (Fsp3) is 0.780. The number of ether oxygens (including phenoxy) is 2. The van der Waals surface area contributed by atoms with Crippen molar-refractivity contribution in [3.63, 3.8) is 0 Å². The van der Waals surface area contributed by atoms with Gasteiger partial charge in [0.05, 0.1) is 13.2 Å². The fourth-order valence-electron chi connectivity index (χ4n) is 8.56. The highest BCUT2D eigenvalue weighted by atomic mass is 31.2. The van der Waals surface area contributed by atoms with E-state index in [4.69, 9.17) is 18.5 Å². The summed E-state index contributed by atoms with van der Waals surface area (Å²) < 4.78 is 34.4. The van der Waals surface area contributed by atoms with Crippen LogP contribution in [-0.4, -0.2) is 98.9 Å². The minimum Gasteiger partial charge on any atom is -0.457 e. The fourth-order valence-corrected chi connectivity index (χ4v) is 9.53. The second-order valence-electron chi connectivity index (χ2n) is 19.8. The molecule has 6 N–H and O–H groups in total. The number of aliphatic hydroxyl groups is 5. The van der Waals surface area contributed by atoms with Crippen LogP contribution in [0.4, 0.5) is 0 Å². The Balaban J connectivity index is 2.30. The smallest absolute Gasteiger partial charge is 0.457 e. The molecule has 12 nitrogen and oxygen atoms in total. The van der Waals surface area contributed by atoms with E-state index in [1.165, 1.54) is 122 Å². The Bertz CT molecular complexity index is 1460. The molecule has 0 amide bonds. The highest BCUT2D eigenvalue weighted by Gasteiger charge is 2.51. The van der Waals surface area contributed by atoms with Crippen LogP contribution in [0.1, 0.15) is 232 Å². The van der Waals surface area contributed by atoms with Crippen molar-refractivity contribution in [2.75, 3.05) is 19.8 Å². The van der Waals surface area contributed by atoms with Gasteiger partial charge in [0.15, 0.2) is 0 Å². The van der Waals surface area contributed by atoms with E-state index in [1.54, 1.807) is 0 Å². The van der Waals surface area contributed by atoms with Gasteiger partial charge in [0, 0.05) is 13.0 Å². The van der Waals surface area contributed by atoms with Crippen LogP contribution in [0.15, 0.2) is 72.9 Å². The van der Waals surface area contributed by atoms with Crippen LogP contribution in [0.5, 0.6) is 0 Å². The summed E-state index contributed by atoms with van der Waals surface area (Å²) in [6.07, 6.45) is 52.5. The van der Waals surface area contributed by atoms with E-state index < -0.39 is 63.1 Å². The minimum absolute atomic E-state index is 0.0858. The molecule has 0 heterocycles. The number of phosphoric acid groups is 1. The summed E-state index contributed by atoms with van der Waals surface area (Å²) in [6.45, 7) is 4.15. The lowest BCUT2D eigenvalue weighted by Gasteiger charge is -2.41. The highest BCUT2D eigenvalue weighted by molar-refractivity contribution is 7.47. The molecule has 0 spiro atoms. The van der Waals surface area contributed by atoms with E-state index in [2.05, 4.69) is 86.8 Å². The minimum atomic E-state index is -5.03. The molecule has 0 aromatic heterocycles. The molecule has 1 fully saturated rings. The van der Waals surface area contributed by atoms with E-state index in [0.29, 0.717) is 13.0 Å². The van der Waals surface area contributed by atoms with Gasteiger partial charge in [-0.15, -0.1) is 0 Å². The highest BCUT2D eigenvalue weighted by Crippen LogP contribution is 2.47. The number of aliphatic hydroxyl groups excluding tert-OH is 5.